The van der Waals surface area contributed by atoms with Gasteiger partial charge in [-0.2, -0.15) is 0 Å². The van der Waals surface area contributed by atoms with Crippen molar-refractivity contribution in [1.29, 1.82) is 0 Å². The van der Waals surface area contributed by atoms with Crippen LogP contribution in [0.1, 0.15) is 6.42 Å². The van der Waals surface area contributed by atoms with Gasteiger partial charge in [0.15, 0.2) is 0 Å². The van der Waals surface area contributed by atoms with Gasteiger partial charge in [0.2, 0.25) is 11.8 Å². The molecule has 2 amide bonds. The van der Waals surface area contributed by atoms with Crippen LogP contribution in [-0.4, -0.2) is 18.4 Å². The van der Waals surface area contributed by atoms with E-state index in [4.69, 9.17) is 11.6 Å². The van der Waals surface area contributed by atoms with E-state index in [-0.39, 0.29) is 18.2 Å². The minimum Gasteiger partial charge on any atom is -0.324 e. The lowest BCUT2D eigenvalue weighted by molar-refractivity contribution is -0.122. The van der Waals surface area contributed by atoms with Crippen molar-refractivity contribution in [2.24, 2.45) is 5.92 Å². The summed E-state index contributed by atoms with van der Waals surface area (Å²) in [6.45, 7) is 0.364. The van der Waals surface area contributed by atoms with E-state index in [0.29, 0.717) is 17.3 Å². The maximum absolute atomic E-state index is 12.6. The van der Waals surface area contributed by atoms with E-state index in [9.17, 15) is 9.59 Å². The van der Waals surface area contributed by atoms with Crippen molar-refractivity contribution in [2.45, 2.75) is 6.42 Å². The first-order valence-electron chi connectivity index (χ1n) is 8.47. The van der Waals surface area contributed by atoms with Crippen LogP contribution in [0, 0.1) is 5.92 Å². The van der Waals surface area contributed by atoms with Crippen LogP contribution in [0.3, 0.4) is 0 Å². The lowest BCUT2D eigenvalue weighted by Crippen LogP contribution is -2.28. The summed E-state index contributed by atoms with van der Waals surface area (Å²) in [5, 5.41) is 5.40. The second-order valence-electron chi connectivity index (χ2n) is 6.37. The Kier molecular flexibility index (Phi) is 4.35. The Morgan fingerprint density at radius 3 is 2.58 bits per heavy atom. The monoisotopic (exact) mass is 364 g/mol. The second-order valence-corrected chi connectivity index (χ2v) is 6.78. The van der Waals surface area contributed by atoms with Crippen LogP contribution < -0.4 is 10.2 Å². The Morgan fingerprint density at radius 1 is 1.00 bits per heavy atom. The molecule has 4 rings (SSSR count). The maximum Gasteiger partial charge on any atom is 0.229 e. The standard InChI is InChI=1S/C21H17ClN2O2/c22-17-9-3-4-10-18(17)23-21(26)15-12-20(25)24(13-15)19-11-5-7-14-6-1-2-8-16(14)19/h1-11,15H,12-13H2,(H,23,26)/t15-/m1/s1. The van der Waals surface area contributed by atoms with Crippen molar-refractivity contribution in [3.05, 3.63) is 71.8 Å². The Bertz CT molecular complexity index is 997. The van der Waals surface area contributed by atoms with Crippen molar-refractivity contribution in [3.63, 3.8) is 0 Å². The number of amides is 2. The van der Waals surface area contributed by atoms with Gasteiger partial charge in [-0.3, -0.25) is 9.59 Å². The highest BCUT2D eigenvalue weighted by atomic mass is 35.5. The number of hydrogen-bond acceptors (Lipinski definition) is 2. The van der Waals surface area contributed by atoms with Crippen molar-refractivity contribution < 1.29 is 9.59 Å². The fraction of sp³-hybridized carbons (Fsp3) is 0.143. The van der Waals surface area contributed by atoms with Crippen molar-refractivity contribution >= 4 is 45.6 Å². The largest absolute Gasteiger partial charge is 0.324 e. The Morgan fingerprint density at radius 2 is 1.73 bits per heavy atom. The summed E-state index contributed by atoms with van der Waals surface area (Å²) in [6.07, 6.45) is 0.194. The smallest absolute Gasteiger partial charge is 0.229 e. The molecule has 0 saturated carbocycles. The minimum absolute atomic E-state index is 0.0411. The summed E-state index contributed by atoms with van der Waals surface area (Å²) in [4.78, 5) is 26.9. The van der Waals surface area contributed by atoms with Gasteiger partial charge >= 0.3 is 0 Å². The number of nitrogens with one attached hydrogen (secondary N) is 1. The summed E-state index contributed by atoms with van der Waals surface area (Å²) in [7, 11) is 0. The zero-order valence-electron chi connectivity index (χ0n) is 14.0. The van der Waals surface area contributed by atoms with Gasteiger partial charge in [0, 0.05) is 18.4 Å². The van der Waals surface area contributed by atoms with Gasteiger partial charge < -0.3 is 10.2 Å². The zero-order chi connectivity index (χ0) is 18.1. The number of carbonyl (C=O) groups excluding carboxylic acids is 2. The molecule has 1 fully saturated rings. The fourth-order valence-electron chi connectivity index (χ4n) is 3.36. The number of rotatable bonds is 3. The molecular weight excluding hydrogens is 348 g/mol. The number of benzene rings is 3. The molecule has 1 aliphatic heterocycles. The van der Waals surface area contributed by atoms with E-state index in [1.165, 1.54) is 0 Å². The van der Waals surface area contributed by atoms with Gasteiger partial charge in [0.05, 0.1) is 22.3 Å². The topological polar surface area (TPSA) is 49.4 Å². The van der Waals surface area contributed by atoms with Gasteiger partial charge in [0.25, 0.3) is 0 Å². The van der Waals surface area contributed by atoms with Crippen LogP contribution in [-0.2, 0) is 9.59 Å². The van der Waals surface area contributed by atoms with E-state index < -0.39 is 5.92 Å². The molecule has 0 unspecified atom stereocenters. The van der Waals surface area contributed by atoms with Crippen molar-refractivity contribution in [3.8, 4) is 0 Å². The molecule has 1 N–H and O–H groups in total. The lowest BCUT2D eigenvalue weighted by atomic mass is 10.1. The van der Waals surface area contributed by atoms with Gasteiger partial charge in [-0.1, -0.05) is 60.1 Å². The molecule has 1 aliphatic rings. The van der Waals surface area contributed by atoms with Gasteiger partial charge in [-0.25, -0.2) is 0 Å². The molecular formula is C21H17ClN2O2. The first kappa shape index (κ1) is 16.6. The first-order valence-corrected chi connectivity index (χ1v) is 8.85. The molecule has 0 aliphatic carbocycles. The summed E-state index contributed by atoms with van der Waals surface area (Å²) in [6, 6.07) is 20.9. The summed E-state index contributed by atoms with van der Waals surface area (Å²) >= 11 is 6.10. The zero-order valence-corrected chi connectivity index (χ0v) is 14.7. The number of anilines is 2. The highest BCUT2D eigenvalue weighted by Gasteiger charge is 2.35. The summed E-state index contributed by atoms with van der Waals surface area (Å²) in [5.74, 6) is -0.632. The molecule has 3 aromatic carbocycles. The highest BCUT2D eigenvalue weighted by molar-refractivity contribution is 6.33. The average molecular weight is 365 g/mol. The van der Waals surface area contributed by atoms with Gasteiger partial charge in [-0.05, 0) is 23.6 Å². The number of fused-ring (bicyclic) bond motifs is 1. The van der Waals surface area contributed by atoms with E-state index >= 15 is 0 Å². The summed E-state index contributed by atoms with van der Waals surface area (Å²) in [5.41, 5.74) is 1.41. The SMILES string of the molecule is O=C(Nc1ccccc1Cl)[C@@H]1CC(=O)N(c2cccc3ccccc23)C1. The lowest BCUT2D eigenvalue weighted by Gasteiger charge is -2.19. The van der Waals surface area contributed by atoms with Crippen LogP contribution in [0.25, 0.3) is 10.8 Å². The summed E-state index contributed by atoms with van der Waals surface area (Å²) < 4.78 is 0. The van der Waals surface area contributed by atoms with E-state index in [0.717, 1.165) is 16.5 Å². The molecule has 1 heterocycles. The molecule has 0 bridgehead atoms. The Balaban J connectivity index is 1.57. The molecule has 0 radical (unpaired) electrons. The van der Waals surface area contributed by atoms with E-state index in [1.54, 1.807) is 23.1 Å². The Hall–Kier alpha value is -2.85. The molecule has 1 atom stereocenters. The molecule has 1 saturated heterocycles. The van der Waals surface area contributed by atoms with Crippen LogP contribution >= 0.6 is 11.6 Å². The number of carbonyl (C=O) groups is 2. The molecule has 0 aromatic heterocycles. The van der Waals surface area contributed by atoms with Crippen LogP contribution in [0.15, 0.2) is 66.7 Å². The average Bonchev–Trinajstić information content (AvgIpc) is 3.05. The molecule has 130 valence electrons. The number of nitrogens with zero attached hydrogens (tertiary/aromatic N) is 1. The normalized spacial score (nSPS) is 16.9. The number of halogens is 1. The third-order valence-corrected chi connectivity index (χ3v) is 5.01. The molecule has 0 spiro atoms. The van der Waals surface area contributed by atoms with Crippen LogP contribution in [0.2, 0.25) is 5.02 Å². The van der Waals surface area contributed by atoms with Crippen molar-refractivity contribution in [1.82, 2.24) is 0 Å². The van der Waals surface area contributed by atoms with Crippen LogP contribution in [0.4, 0.5) is 11.4 Å². The third-order valence-electron chi connectivity index (χ3n) is 4.68. The maximum atomic E-state index is 12.6. The molecule has 3 aromatic rings. The number of hydrogen-bond donors (Lipinski definition) is 1. The fourth-order valence-corrected chi connectivity index (χ4v) is 3.54. The van der Waals surface area contributed by atoms with Gasteiger partial charge in [0.1, 0.15) is 0 Å². The van der Waals surface area contributed by atoms with Gasteiger partial charge in [-0.15, -0.1) is 0 Å². The second kappa shape index (κ2) is 6.81. The van der Waals surface area contributed by atoms with Crippen molar-refractivity contribution in [2.75, 3.05) is 16.8 Å². The minimum atomic E-state index is -0.405. The quantitative estimate of drug-likeness (QED) is 0.744. The van der Waals surface area contributed by atoms with Crippen LogP contribution in [0.5, 0.6) is 0 Å². The first-order chi connectivity index (χ1) is 12.6. The molecule has 26 heavy (non-hydrogen) atoms. The number of para-hydroxylation sites is 1. The molecule has 5 heteroatoms. The van der Waals surface area contributed by atoms with E-state index in [1.807, 2.05) is 48.5 Å². The molecule has 4 nitrogen and oxygen atoms in total. The predicted octanol–water partition coefficient (Wildman–Crippen LogP) is 4.48. The van der Waals surface area contributed by atoms with E-state index in [2.05, 4.69) is 5.32 Å². The Labute approximate surface area is 156 Å². The third kappa shape index (κ3) is 3.04. The highest BCUT2D eigenvalue weighted by Crippen LogP contribution is 2.32. The predicted molar refractivity (Wildman–Crippen MR) is 104 cm³/mol.